The zero-order valence-corrected chi connectivity index (χ0v) is 14.8. The number of carbonyl (C=O) groups excluding carboxylic acids is 1. The summed E-state index contributed by atoms with van der Waals surface area (Å²) in [5.74, 6) is 2.13. The predicted octanol–water partition coefficient (Wildman–Crippen LogP) is 2.45. The molecule has 1 saturated carbocycles. The lowest BCUT2D eigenvalue weighted by Crippen LogP contribution is -2.47. The number of para-hydroxylation sites is 2. The Balaban J connectivity index is 1.47. The third-order valence-corrected chi connectivity index (χ3v) is 4.92. The highest BCUT2D eigenvalue weighted by Crippen LogP contribution is 2.31. The van der Waals surface area contributed by atoms with E-state index in [9.17, 15) is 4.79 Å². The quantitative estimate of drug-likeness (QED) is 0.833. The molecule has 0 spiro atoms. The number of rotatable bonds is 7. The van der Waals surface area contributed by atoms with E-state index in [-0.39, 0.29) is 12.0 Å². The second kappa shape index (κ2) is 7.43. The molecule has 5 nitrogen and oxygen atoms in total. The number of hydrogen-bond acceptors (Lipinski definition) is 4. The van der Waals surface area contributed by atoms with Crippen molar-refractivity contribution >= 4 is 5.91 Å². The molecule has 2 aliphatic rings. The standard InChI is InChI=1S/C19H28N2O3/c1-13(2)14(3)21(15-8-9-15)11-19(22)20-10-16-12-23-17-6-4-5-7-18(17)24-16/h4-7,13-16H,8-12H2,1-3H3,(H,20,22)/t14-,16-/m0/s1. The maximum Gasteiger partial charge on any atom is 0.234 e. The van der Waals surface area contributed by atoms with E-state index in [1.165, 1.54) is 12.8 Å². The average molecular weight is 332 g/mol. The van der Waals surface area contributed by atoms with E-state index in [0.29, 0.717) is 37.7 Å². The van der Waals surface area contributed by atoms with E-state index in [0.717, 1.165) is 11.5 Å². The Morgan fingerprint density at radius 3 is 2.62 bits per heavy atom. The van der Waals surface area contributed by atoms with E-state index in [1.807, 2.05) is 24.3 Å². The maximum absolute atomic E-state index is 12.4. The van der Waals surface area contributed by atoms with Crippen molar-refractivity contribution in [3.05, 3.63) is 24.3 Å². The van der Waals surface area contributed by atoms with Crippen LogP contribution in [0.3, 0.4) is 0 Å². The highest BCUT2D eigenvalue weighted by atomic mass is 16.6. The summed E-state index contributed by atoms with van der Waals surface area (Å²) >= 11 is 0. The van der Waals surface area contributed by atoms with E-state index < -0.39 is 0 Å². The second-order valence-electron chi connectivity index (χ2n) is 7.19. The lowest BCUT2D eigenvalue weighted by atomic mass is 10.0. The second-order valence-corrected chi connectivity index (χ2v) is 7.19. The number of hydrogen-bond donors (Lipinski definition) is 1. The number of fused-ring (bicyclic) bond motifs is 1. The summed E-state index contributed by atoms with van der Waals surface area (Å²) in [6, 6.07) is 8.63. The van der Waals surface area contributed by atoms with Gasteiger partial charge in [0.15, 0.2) is 11.5 Å². The van der Waals surface area contributed by atoms with E-state index in [4.69, 9.17) is 9.47 Å². The Labute approximate surface area is 144 Å². The normalized spacial score (nSPS) is 21.0. The van der Waals surface area contributed by atoms with Crippen molar-refractivity contribution in [1.29, 1.82) is 0 Å². The summed E-state index contributed by atoms with van der Waals surface area (Å²) in [4.78, 5) is 14.7. The van der Waals surface area contributed by atoms with Crippen molar-refractivity contribution in [3.63, 3.8) is 0 Å². The molecule has 24 heavy (non-hydrogen) atoms. The van der Waals surface area contributed by atoms with Crippen LogP contribution in [0, 0.1) is 5.92 Å². The van der Waals surface area contributed by atoms with Crippen LogP contribution in [0.4, 0.5) is 0 Å². The van der Waals surface area contributed by atoms with Crippen LogP contribution < -0.4 is 14.8 Å². The maximum atomic E-state index is 12.4. The van der Waals surface area contributed by atoms with Crippen LogP contribution in [-0.2, 0) is 4.79 Å². The average Bonchev–Trinajstić information content (AvgIpc) is 3.42. The van der Waals surface area contributed by atoms with Crippen LogP contribution in [0.2, 0.25) is 0 Å². The zero-order chi connectivity index (χ0) is 17.1. The minimum absolute atomic E-state index is 0.0665. The lowest BCUT2D eigenvalue weighted by Gasteiger charge is -2.31. The van der Waals surface area contributed by atoms with Gasteiger partial charge in [-0.25, -0.2) is 0 Å². The summed E-state index contributed by atoms with van der Waals surface area (Å²) in [6.07, 6.45) is 2.28. The summed E-state index contributed by atoms with van der Waals surface area (Å²) in [6.45, 7) is 8.04. The van der Waals surface area contributed by atoms with E-state index in [2.05, 4.69) is 31.0 Å². The highest BCUT2D eigenvalue weighted by molar-refractivity contribution is 5.78. The van der Waals surface area contributed by atoms with Gasteiger partial charge >= 0.3 is 0 Å². The monoisotopic (exact) mass is 332 g/mol. The minimum Gasteiger partial charge on any atom is -0.486 e. The van der Waals surface area contributed by atoms with Crippen LogP contribution in [0.5, 0.6) is 11.5 Å². The Kier molecular flexibility index (Phi) is 5.29. The Hall–Kier alpha value is -1.75. The third-order valence-electron chi connectivity index (χ3n) is 4.92. The fourth-order valence-electron chi connectivity index (χ4n) is 3.01. The van der Waals surface area contributed by atoms with E-state index in [1.54, 1.807) is 0 Å². The molecule has 1 amide bonds. The number of amides is 1. The van der Waals surface area contributed by atoms with Crippen LogP contribution >= 0.6 is 0 Å². The van der Waals surface area contributed by atoms with Gasteiger partial charge in [0.25, 0.3) is 0 Å². The van der Waals surface area contributed by atoms with Crippen molar-refractivity contribution in [2.45, 2.75) is 51.8 Å². The van der Waals surface area contributed by atoms with Gasteiger partial charge in [-0.05, 0) is 37.8 Å². The van der Waals surface area contributed by atoms with Gasteiger partial charge in [-0.1, -0.05) is 26.0 Å². The van der Waals surface area contributed by atoms with E-state index >= 15 is 0 Å². The first-order valence-corrected chi connectivity index (χ1v) is 8.95. The van der Waals surface area contributed by atoms with Crippen LogP contribution in [0.1, 0.15) is 33.6 Å². The minimum atomic E-state index is -0.138. The first-order chi connectivity index (χ1) is 11.5. The van der Waals surface area contributed by atoms with Crippen molar-refractivity contribution < 1.29 is 14.3 Å². The van der Waals surface area contributed by atoms with Gasteiger partial charge in [-0.3, -0.25) is 9.69 Å². The molecule has 1 heterocycles. The Morgan fingerprint density at radius 1 is 1.25 bits per heavy atom. The predicted molar refractivity (Wildman–Crippen MR) is 93.4 cm³/mol. The SMILES string of the molecule is CC(C)[C@H](C)N(CC(=O)NC[C@H]1COc2ccccc2O1)C1CC1. The molecule has 0 bridgehead atoms. The van der Waals surface area contributed by atoms with Gasteiger partial charge in [0.05, 0.1) is 13.1 Å². The molecular formula is C19H28N2O3. The van der Waals surface area contributed by atoms with Crippen LogP contribution in [0.15, 0.2) is 24.3 Å². The topological polar surface area (TPSA) is 50.8 Å². The fraction of sp³-hybridized carbons (Fsp3) is 0.632. The first kappa shape index (κ1) is 17.1. The molecule has 0 radical (unpaired) electrons. The molecule has 1 N–H and O–H groups in total. The molecule has 1 aliphatic carbocycles. The van der Waals surface area contributed by atoms with Crippen molar-refractivity contribution in [2.24, 2.45) is 5.92 Å². The fourth-order valence-corrected chi connectivity index (χ4v) is 3.01. The lowest BCUT2D eigenvalue weighted by molar-refractivity contribution is -0.123. The van der Waals surface area contributed by atoms with Gasteiger partial charge < -0.3 is 14.8 Å². The molecule has 0 aromatic heterocycles. The summed E-state index contributed by atoms with van der Waals surface area (Å²) < 4.78 is 11.6. The van der Waals surface area contributed by atoms with Gasteiger partial charge in [-0.15, -0.1) is 0 Å². The smallest absolute Gasteiger partial charge is 0.234 e. The Morgan fingerprint density at radius 2 is 1.96 bits per heavy atom. The molecule has 3 rings (SSSR count). The molecule has 2 atom stereocenters. The van der Waals surface area contributed by atoms with Gasteiger partial charge in [0.2, 0.25) is 5.91 Å². The van der Waals surface area contributed by atoms with Crippen molar-refractivity contribution in [1.82, 2.24) is 10.2 Å². The molecule has 1 aromatic rings. The number of carbonyl (C=O) groups is 1. The van der Waals surface area contributed by atoms with Crippen LogP contribution in [-0.4, -0.2) is 48.7 Å². The van der Waals surface area contributed by atoms with Gasteiger partial charge in [-0.2, -0.15) is 0 Å². The summed E-state index contributed by atoms with van der Waals surface area (Å²) in [7, 11) is 0. The molecule has 132 valence electrons. The number of nitrogens with one attached hydrogen (secondary N) is 1. The molecule has 1 aromatic carbocycles. The molecule has 1 fully saturated rings. The number of ether oxygens (including phenoxy) is 2. The zero-order valence-electron chi connectivity index (χ0n) is 14.8. The third kappa shape index (κ3) is 4.20. The highest BCUT2D eigenvalue weighted by Gasteiger charge is 2.34. The van der Waals surface area contributed by atoms with Gasteiger partial charge in [0.1, 0.15) is 12.7 Å². The molecule has 1 aliphatic heterocycles. The Bertz CT molecular complexity index is 571. The summed E-state index contributed by atoms with van der Waals surface area (Å²) in [5, 5.41) is 3.00. The number of nitrogens with zero attached hydrogens (tertiary/aromatic N) is 1. The van der Waals surface area contributed by atoms with Crippen molar-refractivity contribution in [2.75, 3.05) is 19.7 Å². The molecule has 5 heteroatoms. The van der Waals surface area contributed by atoms with Crippen LogP contribution in [0.25, 0.3) is 0 Å². The molecular weight excluding hydrogens is 304 g/mol. The summed E-state index contributed by atoms with van der Waals surface area (Å²) in [5.41, 5.74) is 0. The number of benzene rings is 1. The largest absolute Gasteiger partial charge is 0.486 e. The first-order valence-electron chi connectivity index (χ1n) is 8.95. The van der Waals surface area contributed by atoms with Gasteiger partial charge in [0, 0.05) is 12.1 Å². The van der Waals surface area contributed by atoms with Crippen molar-refractivity contribution in [3.8, 4) is 11.5 Å². The molecule has 0 saturated heterocycles. The molecule has 0 unspecified atom stereocenters.